The molecule has 0 saturated heterocycles. The largest absolute Gasteiger partial charge is 0.327 e. The normalized spacial score (nSPS) is 15.2. The van der Waals surface area contributed by atoms with Crippen molar-refractivity contribution < 1.29 is 0 Å². The highest BCUT2D eigenvalue weighted by Crippen LogP contribution is 2.14. The Morgan fingerprint density at radius 2 is 1.83 bits per heavy atom. The molecule has 0 rings (SSSR count). The fourth-order valence-corrected chi connectivity index (χ4v) is 1.38. The smallest absolute Gasteiger partial charge is 0.0139 e. The third kappa shape index (κ3) is 6.62. The Labute approximate surface area is 77.1 Å². The summed E-state index contributed by atoms with van der Waals surface area (Å²) in [7, 11) is 0. The van der Waals surface area contributed by atoms with Crippen LogP contribution < -0.4 is 5.73 Å². The fourth-order valence-electron chi connectivity index (χ4n) is 1.38. The van der Waals surface area contributed by atoms with Crippen LogP contribution in [0.5, 0.6) is 0 Å². The van der Waals surface area contributed by atoms with Crippen molar-refractivity contribution in [1.82, 2.24) is 4.90 Å². The molecule has 0 fully saturated rings. The lowest BCUT2D eigenvalue weighted by Crippen LogP contribution is -2.40. The molecule has 0 bridgehead atoms. The molecule has 74 valence electrons. The highest BCUT2D eigenvalue weighted by atomic mass is 15.1. The van der Waals surface area contributed by atoms with Crippen LogP contribution in [0.2, 0.25) is 0 Å². The van der Waals surface area contributed by atoms with Crippen molar-refractivity contribution >= 4 is 0 Å². The molecule has 0 aliphatic carbocycles. The van der Waals surface area contributed by atoms with Crippen LogP contribution in [-0.4, -0.2) is 30.6 Å². The fraction of sp³-hybridized carbons (Fsp3) is 1.00. The monoisotopic (exact) mass is 172 g/mol. The summed E-state index contributed by atoms with van der Waals surface area (Å²) in [6.07, 6.45) is 0. The number of rotatable bonds is 4. The Morgan fingerprint density at radius 3 is 2.08 bits per heavy atom. The lowest BCUT2D eigenvalue weighted by molar-refractivity contribution is 0.192. The maximum absolute atomic E-state index is 5.75. The SMILES string of the molecule is CCN(CC(C)N)CC(C)(C)C. The number of hydrogen-bond donors (Lipinski definition) is 1. The van der Waals surface area contributed by atoms with Crippen LogP contribution in [0.25, 0.3) is 0 Å². The van der Waals surface area contributed by atoms with Crippen molar-refractivity contribution in [2.75, 3.05) is 19.6 Å². The molecular formula is C10H24N2. The first kappa shape index (κ1) is 11.9. The first-order valence-electron chi connectivity index (χ1n) is 4.83. The van der Waals surface area contributed by atoms with E-state index in [0.29, 0.717) is 5.41 Å². The van der Waals surface area contributed by atoms with Crippen molar-refractivity contribution in [1.29, 1.82) is 0 Å². The van der Waals surface area contributed by atoms with E-state index in [-0.39, 0.29) is 6.04 Å². The van der Waals surface area contributed by atoms with Gasteiger partial charge in [0, 0.05) is 19.1 Å². The van der Waals surface area contributed by atoms with Gasteiger partial charge in [0.15, 0.2) is 0 Å². The number of hydrogen-bond acceptors (Lipinski definition) is 2. The van der Waals surface area contributed by atoms with Gasteiger partial charge in [-0.3, -0.25) is 0 Å². The summed E-state index contributed by atoms with van der Waals surface area (Å²) in [6, 6.07) is 0.285. The average molecular weight is 172 g/mol. The van der Waals surface area contributed by atoms with E-state index in [1.165, 1.54) is 0 Å². The second kappa shape index (κ2) is 4.83. The molecule has 2 nitrogen and oxygen atoms in total. The van der Waals surface area contributed by atoms with E-state index in [0.717, 1.165) is 19.6 Å². The molecule has 0 spiro atoms. The second-order valence-corrected chi connectivity index (χ2v) is 4.87. The van der Waals surface area contributed by atoms with Gasteiger partial charge in [-0.15, -0.1) is 0 Å². The van der Waals surface area contributed by atoms with Gasteiger partial charge >= 0.3 is 0 Å². The van der Waals surface area contributed by atoms with Gasteiger partial charge in [-0.05, 0) is 18.9 Å². The van der Waals surface area contributed by atoms with Gasteiger partial charge in [0.1, 0.15) is 0 Å². The van der Waals surface area contributed by atoms with Crippen LogP contribution in [0.4, 0.5) is 0 Å². The molecular weight excluding hydrogens is 148 g/mol. The van der Waals surface area contributed by atoms with Crippen LogP contribution in [0, 0.1) is 5.41 Å². The minimum absolute atomic E-state index is 0.285. The van der Waals surface area contributed by atoms with E-state index in [2.05, 4.69) is 39.5 Å². The predicted octanol–water partition coefficient (Wildman–Crippen LogP) is 1.70. The highest BCUT2D eigenvalue weighted by molar-refractivity contribution is 4.70. The summed E-state index contributed by atoms with van der Waals surface area (Å²) < 4.78 is 0. The van der Waals surface area contributed by atoms with E-state index in [4.69, 9.17) is 5.73 Å². The lowest BCUT2D eigenvalue weighted by Gasteiger charge is -2.29. The standard InChI is InChI=1S/C10H24N2/c1-6-12(7-9(2)11)8-10(3,4)5/h9H,6-8,11H2,1-5H3. The van der Waals surface area contributed by atoms with Crippen LogP contribution in [0.15, 0.2) is 0 Å². The first-order valence-corrected chi connectivity index (χ1v) is 4.83. The molecule has 2 N–H and O–H groups in total. The first-order chi connectivity index (χ1) is 5.35. The number of nitrogens with zero attached hydrogens (tertiary/aromatic N) is 1. The van der Waals surface area contributed by atoms with E-state index >= 15 is 0 Å². The van der Waals surface area contributed by atoms with Gasteiger partial charge in [-0.1, -0.05) is 27.7 Å². The van der Waals surface area contributed by atoms with E-state index in [9.17, 15) is 0 Å². The summed E-state index contributed by atoms with van der Waals surface area (Å²) >= 11 is 0. The van der Waals surface area contributed by atoms with E-state index in [1.807, 2.05) is 0 Å². The van der Waals surface area contributed by atoms with Crippen molar-refractivity contribution in [2.24, 2.45) is 11.1 Å². The Kier molecular flexibility index (Phi) is 4.80. The quantitative estimate of drug-likeness (QED) is 0.699. The molecule has 2 heteroatoms. The third-order valence-corrected chi connectivity index (χ3v) is 1.69. The van der Waals surface area contributed by atoms with Crippen molar-refractivity contribution in [3.63, 3.8) is 0 Å². The van der Waals surface area contributed by atoms with E-state index < -0.39 is 0 Å². The minimum atomic E-state index is 0.285. The lowest BCUT2D eigenvalue weighted by atomic mass is 9.96. The zero-order valence-electron chi connectivity index (χ0n) is 9.22. The zero-order valence-corrected chi connectivity index (χ0v) is 9.22. The van der Waals surface area contributed by atoms with Crippen LogP contribution >= 0.6 is 0 Å². The molecule has 12 heavy (non-hydrogen) atoms. The summed E-state index contributed by atoms with van der Waals surface area (Å²) in [4.78, 5) is 2.41. The molecule has 0 saturated carbocycles. The molecule has 0 aromatic heterocycles. The van der Waals surface area contributed by atoms with Gasteiger partial charge in [0.25, 0.3) is 0 Å². The predicted molar refractivity (Wildman–Crippen MR) is 55.2 cm³/mol. The highest BCUT2D eigenvalue weighted by Gasteiger charge is 2.15. The van der Waals surface area contributed by atoms with E-state index in [1.54, 1.807) is 0 Å². The van der Waals surface area contributed by atoms with Crippen molar-refractivity contribution in [3.05, 3.63) is 0 Å². The van der Waals surface area contributed by atoms with Crippen LogP contribution in [-0.2, 0) is 0 Å². The Bertz CT molecular complexity index is 113. The molecule has 0 aliphatic heterocycles. The van der Waals surface area contributed by atoms with Crippen molar-refractivity contribution in [3.8, 4) is 0 Å². The molecule has 0 radical (unpaired) electrons. The minimum Gasteiger partial charge on any atom is -0.327 e. The topological polar surface area (TPSA) is 29.3 Å². The summed E-state index contributed by atoms with van der Waals surface area (Å²) in [5.41, 5.74) is 6.13. The van der Waals surface area contributed by atoms with Gasteiger partial charge < -0.3 is 10.6 Å². The molecule has 1 atom stereocenters. The molecule has 0 aliphatic rings. The van der Waals surface area contributed by atoms with Crippen LogP contribution in [0.1, 0.15) is 34.6 Å². The number of likely N-dealkylation sites (N-methyl/N-ethyl adjacent to an activating group) is 1. The Balaban J connectivity index is 3.83. The molecule has 1 unspecified atom stereocenters. The summed E-state index contributed by atoms with van der Waals surface area (Å²) in [5, 5.41) is 0. The van der Waals surface area contributed by atoms with Crippen LogP contribution in [0.3, 0.4) is 0 Å². The molecule has 0 heterocycles. The van der Waals surface area contributed by atoms with Gasteiger partial charge in [-0.25, -0.2) is 0 Å². The van der Waals surface area contributed by atoms with Crippen molar-refractivity contribution in [2.45, 2.75) is 40.7 Å². The summed E-state index contributed by atoms with van der Waals surface area (Å²) in [6.45, 7) is 14.3. The Morgan fingerprint density at radius 1 is 1.33 bits per heavy atom. The Hall–Kier alpha value is -0.0800. The number of nitrogens with two attached hydrogens (primary N) is 1. The zero-order chi connectivity index (χ0) is 9.78. The third-order valence-electron chi connectivity index (χ3n) is 1.69. The average Bonchev–Trinajstić information content (AvgIpc) is 1.82. The maximum Gasteiger partial charge on any atom is 0.0139 e. The van der Waals surface area contributed by atoms with Gasteiger partial charge in [0.2, 0.25) is 0 Å². The van der Waals surface area contributed by atoms with Gasteiger partial charge in [0.05, 0.1) is 0 Å². The molecule has 0 aromatic rings. The second-order valence-electron chi connectivity index (χ2n) is 4.87. The van der Waals surface area contributed by atoms with Gasteiger partial charge in [-0.2, -0.15) is 0 Å². The molecule has 0 amide bonds. The molecule has 0 aromatic carbocycles. The maximum atomic E-state index is 5.75. The summed E-state index contributed by atoms with van der Waals surface area (Å²) in [5.74, 6) is 0.